The molecule has 0 radical (unpaired) electrons. The van der Waals surface area contributed by atoms with E-state index in [1.54, 1.807) is 0 Å². The van der Waals surface area contributed by atoms with E-state index in [9.17, 15) is 0 Å². The first-order valence-corrected chi connectivity index (χ1v) is 8.83. The number of nitrogens with zero attached hydrogens (tertiary/aromatic N) is 1. The molecule has 0 spiro atoms. The molecule has 3 rings (SSSR count). The molecule has 2 fully saturated rings. The topological polar surface area (TPSA) is 15.3 Å². The molecule has 1 aromatic carbocycles. The Hall–Kier alpha value is -0.860. The molecule has 1 saturated heterocycles. The van der Waals surface area contributed by atoms with Crippen LogP contribution in [0, 0.1) is 5.92 Å². The summed E-state index contributed by atoms with van der Waals surface area (Å²) in [7, 11) is 0. The van der Waals surface area contributed by atoms with Crippen molar-refractivity contribution in [1.82, 2.24) is 10.2 Å². The van der Waals surface area contributed by atoms with Crippen molar-refractivity contribution in [2.45, 2.75) is 58.0 Å². The van der Waals surface area contributed by atoms with E-state index >= 15 is 0 Å². The fraction of sp³-hybridized carbons (Fsp3) is 0.684. The second-order valence-electron chi connectivity index (χ2n) is 7.11. The summed E-state index contributed by atoms with van der Waals surface area (Å²) in [6.07, 6.45) is 8.07. The number of nitrogens with one attached hydrogen (secondary N) is 1. The lowest BCUT2D eigenvalue weighted by molar-refractivity contribution is 0.273. The third-order valence-corrected chi connectivity index (χ3v) is 4.96. The van der Waals surface area contributed by atoms with Gasteiger partial charge in [-0.3, -0.25) is 4.90 Å². The molecule has 1 unspecified atom stereocenters. The third-order valence-electron chi connectivity index (χ3n) is 4.96. The Bertz CT molecular complexity index is 422. The largest absolute Gasteiger partial charge is 0.314 e. The van der Waals surface area contributed by atoms with E-state index in [4.69, 9.17) is 0 Å². The van der Waals surface area contributed by atoms with Gasteiger partial charge in [0.1, 0.15) is 0 Å². The first-order chi connectivity index (χ1) is 10.3. The van der Waals surface area contributed by atoms with Gasteiger partial charge in [-0.15, -0.1) is 0 Å². The van der Waals surface area contributed by atoms with Crippen molar-refractivity contribution in [3.05, 3.63) is 35.4 Å². The first kappa shape index (κ1) is 15.1. The fourth-order valence-corrected chi connectivity index (χ4v) is 3.26. The summed E-state index contributed by atoms with van der Waals surface area (Å²) >= 11 is 0. The van der Waals surface area contributed by atoms with E-state index in [0.29, 0.717) is 0 Å². The molecule has 2 aliphatic rings. The van der Waals surface area contributed by atoms with Crippen LogP contribution in [0.4, 0.5) is 0 Å². The maximum Gasteiger partial charge on any atom is 0.0233 e. The first-order valence-electron chi connectivity index (χ1n) is 8.83. The van der Waals surface area contributed by atoms with Gasteiger partial charge in [0.15, 0.2) is 0 Å². The number of likely N-dealkylation sites (tertiary alicyclic amines) is 1. The van der Waals surface area contributed by atoms with Gasteiger partial charge in [0, 0.05) is 12.6 Å². The van der Waals surface area contributed by atoms with Crippen molar-refractivity contribution in [1.29, 1.82) is 0 Å². The second-order valence-corrected chi connectivity index (χ2v) is 7.11. The van der Waals surface area contributed by atoms with E-state index in [-0.39, 0.29) is 0 Å². The van der Waals surface area contributed by atoms with Crippen LogP contribution in [0.3, 0.4) is 0 Å². The molecule has 1 atom stereocenters. The molecule has 1 N–H and O–H groups in total. The van der Waals surface area contributed by atoms with Gasteiger partial charge in [0.05, 0.1) is 0 Å². The summed E-state index contributed by atoms with van der Waals surface area (Å²) in [5.41, 5.74) is 2.94. The summed E-state index contributed by atoms with van der Waals surface area (Å²) in [4.78, 5) is 2.63. The van der Waals surface area contributed by atoms with Gasteiger partial charge in [-0.05, 0) is 75.2 Å². The smallest absolute Gasteiger partial charge is 0.0233 e. The minimum Gasteiger partial charge on any atom is -0.314 e. The molecule has 1 heterocycles. The minimum atomic E-state index is 0.828. The average molecular weight is 286 g/mol. The highest BCUT2D eigenvalue weighted by atomic mass is 15.1. The molecule has 0 aromatic heterocycles. The molecular formula is C19H30N2. The van der Waals surface area contributed by atoms with Crippen molar-refractivity contribution in [2.24, 2.45) is 5.92 Å². The average Bonchev–Trinajstić information content (AvgIpc) is 3.31. The van der Waals surface area contributed by atoms with Crippen molar-refractivity contribution in [3.63, 3.8) is 0 Å². The lowest BCUT2D eigenvalue weighted by Crippen LogP contribution is -2.24. The van der Waals surface area contributed by atoms with Crippen LogP contribution in [0.2, 0.25) is 0 Å². The quantitative estimate of drug-likeness (QED) is 0.859. The van der Waals surface area contributed by atoms with Crippen molar-refractivity contribution in [3.8, 4) is 0 Å². The highest BCUT2D eigenvalue weighted by Crippen LogP contribution is 2.19. The highest BCUT2D eigenvalue weighted by molar-refractivity contribution is 5.22. The number of benzene rings is 1. The van der Waals surface area contributed by atoms with Gasteiger partial charge < -0.3 is 5.32 Å². The molecule has 2 heteroatoms. The molecule has 21 heavy (non-hydrogen) atoms. The number of hydrogen-bond acceptors (Lipinski definition) is 2. The zero-order valence-corrected chi connectivity index (χ0v) is 13.5. The van der Waals surface area contributed by atoms with E-state index < -0.39 is 0 Å². The molecule has 116 valence electrons. The Morgan fingerprint density at radius 1 is 1.00 bits per heavy atom. The molecule has 2 nitrogen and oxygen atoms in total. The number of rotatable bonds is 6. The normalized spacial score (nSPS) is 24.0. The van der Waals surface area contributed by atoms with Crippen LogP contribution in [0.15, 0.2) is 24.3 Å². The van der Waals surface area contributed by atoms with Gasteiger partial charge in [-0.1, -0.05) is 31.2 Å². The van der Waals surface area contributed by atoms with Crippen molar-refractivity contribution in [2.75, 3.05) is 19.6 Å². The molecule has 1 saturated carbocycles. The summed E-state index contributed by atoms with van der Waals surface area (Å²) in [5.74, 6) is 0.913. The Balaban J connectivity index is 1.44. The van der Waals surface area contributed by atoms with Crippen LogP contribution < -0.4 is 5.32 Å². The summed E-state index contributed by atoms with van der Waals surface area (Å²) in [5, 5.41) is 3.59. The van der Waals surface area contributed by atoms with Crippen LogP contribution in [-0.4, -0.2) is 30.6 Å². The van der Waals surface area contributed by atoms with E-state index in [1.807, 2.05) is 0 Å². The lowest BCUT2D eigenvalue weighted by Gasteiger charge is -2.20. The fourth-order valence-electron chi connectivity index (χ4n) is 3.26. The third kappa shape index (κ3) is 5.12. The van der Waals surface area contributed by atoms with Crippen LogP contribution in [0.25, 0.3) is 0 Å². The maximum absolute atomic E-state index is 3.59. The molecule has 1 aromatic rings. The zero-order valence-electron chi connectivity index (χ0n) is 13.5. The zero-order chi connectivity index (χ0) is 14.5. The SMILES string of the molecule is CC1CCCN(Cc2ccc(CCNC3CC3)cc2)CC1. The minimum absolute atomic E-state index is 0.828. The predicted molar refractivity (Wildman–Crippen MR) is 89.5 cm³/mol. The van der Waals surface area contributed by atoms with Crippen LogP contribution in [0.1, 0.15) is 50.2 Å². The van der Waals surface area contributed by atoms with E-state index in [0.717, 1.165) is 31.5 Å². The van der Waals surface area contributed by atoms with Gasteiger partial charge in [0.25, 0.3) is 0 Å². The Labute approximate surface area is 129 Å². The lowest BCUT2D eigenvalue weighted by atomic mass is 10.0. The summed E-state index contributed by atoms with van der Waals surface area (Å²) < 4.78 is 0. The van der Waals surface area contributed by atoms with Crippen molar-refractivity contribution >= 4 is 0 Å². The number of hydrogen-bond donors (Lipinski definition) is 1. The molecule has 0 amide bonds. The maximum atomic E-state index is 3.59. The summed E-state index contributed by atoms with van der Waals surface area (Å²) in [6.45, 7) is 7.21. The standard InChI is InChI=1S/C19H30N2/c1-16-3-2-13-21(14-11-16)15-18-6-4-17(5-7-18)10-12-20-19-8-9-19/h4-7,16,19-20H,2-3,8-15H2,1H3. The molecule has 0 bridgehead atoms. The van der Waals surface area contributed by atoms with Gasteiger partial charge in [-0.25, -0.2) is 0 Å². The van der Waals surface area contributed by atoms with Gasteiger partial charge in [0.2, 0.25) is 0 Å². The summed E-state index contributed by atoms with van der Waals surface area (Å²) in [6, 6.07) is 10.1. The second kappa shape index (κ2) is 7.42. The van der Waals surface area contributed by atoms with Gasteiger partial charge in [-0.2, -0.15) is 0 Å². The van der Waals surface area contributed by atoms with E-state index in [1.165, 1.54) is 56.3 Å². The van der Waals surface area contributed by atoms with Crippen LogP contribution in [-0.2, 0) is 13.0 Å². The highest BCUT2D eigenvalue weighted by Gasteiger charge is 2.19. The monoisotopic (exact) mass is 286 g/mol. The molecular weight excluding hydrogens is 256 g/mol. The Morgan fingerprint density at radius 2 is 1.76 bits per heavy atom. The van der Waals surface area contributed by atoms with Crippen LogP contribution in [0.5, 0.6) is 0 Å². The Morgan fingerprint density at radius 3 is 2.52 bits per heavy atom. The van der Waals surface area contributed by atoms with Gasteiger partial charge >= 0.3 is 0 Å². The van der Waals surface area contributed by atoms with E-state index in [2.05, 4.69) is 41.4 Å². The van der Waals surface area contributed by atoms with Crippen LogP contribution >= 0.6 is 0 Å². The molecule has 1 aliphatic heterocycles. The predicted octanol–water partition coefficient (Wildman–Crippen LogP) is 3.60. The van der Waals surface area contributed by atoms with Crippen molar-refractivity contribution < 1.29 is 0 Å². The Kier molecular flexibility index (Phi) is 5.32. The molecule has 1 aliphatic carbocycles.